The van der Waals surface area contributed by atoms with Crippen LogP contribution in [0.1, 0.15) is 6.92 Å². The number of carbonyl (C=O) groups is 2. The molecule has 3 rings (SSSR count). The normalized spacial score (nSPS) is 11.6. The van der Waals surface area contributed by atoms with Gasteiger partial charge in [0.15, 0.2) is 12.7 Å². The summed E-state index contributed by atoms with van der Waals surface area (Å²) in [5.41, 5.74) is 4.53. The quantitative estimate of drug-likeness (QED) is 0.549. The van der Waals surface area contributed by atoms with E-state index in [0.29, 0.717) is 16.0 Å². The number of hydrogen-bond acceptors (Lipinski definition) is 4. The van der Waals surface area contributed by atoms with Crippen LogP contribution in [0, 0.1) is 5.82 Å². The van der Waals surface area contributed by atoms with E-state index in [4.69, 9.17) is 9.47 Å². The lowest BCUT2D eigenvalue weighted by Gasteiger charge is -2.16. The summed E-state index contributed by atoms with van der Waals surface area (Å²) in [5.74, 6) is -0.675. The van der Waals surface area contributed by atoms with Gasteiger partial charge in [-0.15, -0.1) is 0 Å². The topological polar surface area (TPSA) is 76.7 Å². The van der Waals surface area contributed by atoms with E-state index in [1.54, 1.807) is 13.0 Å². The molecule has 0 radical (unpaired) electrons. The van der Waals surface area contributed by atoms with E-state index in [-0.39, 0.29) is 6.61 Å². The van der Waals surface area contributed by atoms with Gasteiger partial charge < -0.3 is 9.47 Å². The van der Waals surface area contributed by atoms with E-state index >= 15 is 0 Å². The Bertz CT molecular complexity index is 1040. The first-order valence-electron chi connectivity index (χ1n) is 8.74. The molecule has 0 aliphatic heterocycles. The Balaban J connectivity index is 1.46. The Morgan fingerprint density at radius 2 is 1.79 bits per heavy atom. The highest BCUT2D eigenvalue weighted by atomic mass is 79.9. The maximum absolute atomic E-state index is 13.0. The van der Waals surface area contributed by atoms with Gasteiger partial charge in [-0.3, -0.25) is 20.4 Å². The van der Waals surface area contributed by atoms with E-state index < -0.39 is 23.7 Å². The second kappa shape index (κ2) is 9.38. The van der Waals surface area contributed by atoms with Gasteiger partial charge in [0.05, 0.1) is 4.47 Å². The van der Waals surface area contributed by atoms with Crippen molar-refractivity contribution in [2.75, 3.05) is 6.61 Å². The minimum absolute atomic E-state index is 0.306. The van der Waals surface area contributed by atoms with Crippen LogP contribution in [-0.2, 0) is 9.59 Å². The maximum Gasteiger partial charge on any atom is 0.279 e. The average molecular weight is 461 g/mol. The largest absolute Gasteiger partial charge is 0.483 e. The first-order valence-corrected chi connectivity index (χ1v) is 9.53. The summed E-state index contributed by atoms with van der Waals surface area (Å²) in [7, 11) is 0. The molecule has 0 spiro atoms. The monoisotopic (exact) mass is 460 g/mol. The molecule has 6 nitrogen and oxygen atoms in total. The highest BCUT2D eigenvalue weighted by molar-refractivity contribution is 9.10. The van der Waals surface area contributed by atoms with Crippen LogP contribution in [0.2, 0.25) is 0 Å². The van der Waals surface area contributed by atoms with Crippen LogP contribution in [0.3, 0.4) is 0 Å². The standard InChI is InChI=1S/C21H18BrFN2O4/c1-13(29-17-8-6-14-4-2-3-5-15(14)10-17)21(27)25-24-20(26)12-28-19-9-7-16(23)11-18(19)22/h2-11,13H,12H2,1H3,(H,24,26)(H,25,27)/t13-/m1/s1. The molecular weight excluding hydrogens is 443 g/mol. The highest BCUT2D eigenvalue weighted by Gasteiger charge is 2.16. The SMILES string of the molecule is C[C@@H](Oc1ccc2ccccc2c1)C(=O)NNC(=O)COc1ccc(F)cc1Br. The predicted octanol–water partition coefficient (Wildman–Crippen LogP) is 3.74. The molecule has 1 atom stereocenters. The molecule has 3 aromatic rings. The molecule has 0 aliphatic rings. The van der Waals surface area contributed by atoms with Crippen LogP contribution in [0.15, 0.2) is 65.1 Å². The number of hydrazine groups is 1. The van der Waals surface area contributed by atoms with Crippen molar-refractivity contribution in [2.24, 2.45) is 0 Å². The molecule has 0 fully saturated rings. The van der Waals surface area contributed by atoms with Crippen molar-refractivity contribution in [3.8, 4) is 11.5 Å². The van der Waals surface area contributed by atoms with Crippen LogP contribution in [0.5, 0.6) is 11.5 Å². The van der Waals surface area contributed by atoms with Crippen LogP contribution >= 0.6 is 15.9 Å². The van der Waals surface area contributed by atoms with Gasteiger partial charge in [0, 0.05) is 0 Å². The molecule has 0 unspecified atom stereocenters. The van der Waals surface area contributed by atoms with Crippen molar-refractivity contribution in [1.29, 1.82) is 0 Å². The van der Waals surface area contributed by atoms with Gasteiger partial charge in [0.1, 0.15) is 17.3 Å². The minimum atomic E-state index is -0.830. The van der Waals surface area contributed by atoms with E-state index in [2.05, 4.69) is 26.8 Å². The fourth-order valence-electron chi connectivity index (χ4n) is 2.50. The smallest absolute Gasteiger partial charge is 0.279 e. The fraction of sp³-hybridized carbons (Fsp3) is 0.143. The first kappa shape index (κ1) is 20.6. The van der Waals surface area contributed by atoms with Crippen molar-refractivity contribution in [2.45, 2.75) is 13.0 Å². The van der Waals surface area contributed by atoms with Crippen LogP contribution < -0.4 is 20.3 Å². The Labute approximate surface area is 175 Å². The molecule has 0 saturated carbocycles. The van der Waals surface area contributed by atoms with Crippen molar-refractivity contribution in [3.05, 3.63) is 71.0 Å². The molecule has 0 bridgehead atoms. The third-order valence-electron chi connectivity index (χ3n) is 3.98. The maximum atomic E-state index is 13.0. The van der Waals surface area contributed by atoms with Crippen molar-refractivity contribution < 1.29 is 23.5 Å². The van der Waals surface area contributed by atoms with E-state index in [0.717, 1.165) is 10.8 Å². The van der Waals surface area contributed by atoms with Crippen molar-refractivity contribution in [1.82, 2.24) is 10.9 Å². The Kier molecular flexibility index (Phi) is 6.66. The van der Waals surface area contributed by atoms with E-state index in [1.165, 1.54) is 18.2 Å². The first-order chi connectivity index (χ1) is 13.9. The summed E-state index contributed by atoms with van der Waals surface area (Å²) in [4.78, 5) is 24.0. The number of benzene rings is 3. The zero-order valence-corrected chi connectivity index (χ0v) is 17.0. The van der Waals surface area contributed by atoms with Crippen molar-refractivity contribution >= 4 is 38.5 Å². The molecule has 0 aliphatic carbocycles. The van der Waals surface area contributed by atoms with Gasteiger partial charge >= 0.3 is 0 Å². The molecule has 150 valence electrons. The molecule has 2 amide bonds. The lowest BCUT2D eigenvalue weighted by Crippen LogP contribution is -2.48. The van der Waals surface area contributed by atoms with Gasteiger partial charge in [-0.2, -0.15) is 0 Å². The molecule has 0 saturated heterocycles. The third-order valence-corrected chi connectivity index (χ3v) is 4.60. The highest BCUT2D eigenvalue weighted by Crippen LogP contribution is 2.25. The van der Waals surface area contributed by atoms with Crippen LogP contribution in [-0.4, -0.2) is 24.5 Å². The minimum Gasteiger partial charge on any atom is -0.483 e. The zero-order chi connectivity index (χ0) is 20.8. The summed E-state index contributed by atoms with van der Waals surface area (Å²) in [6.07, 6.45) is -0.830. The molecule has 3 aromatic carbocycles. The van der Waals surface area contributed by atoms with Crippen LogP contribution in [0.4, 0.5) is 4.39 Å². The lowest BCUT2D eigenvalue weighted by molar-refractivity contribution is -0.133. The van der Waals surface area contributed by atoms with Gasteiger partial charge in [-0.1, -0.05) is 30.3 Å². The zero-order valence-electron chi connectivity index (χ0n) is 15.4. The predicted molar refractivity (Wildman–Crippen MR) is 110 cm³/mol. The Hall–Kier alpha value is -3.13. The number of hydrogen-bond donors (Lipinski definition) is 2. The Morgan fingerprint density at radius 1 is 1.03 bits per heavy atom. The summed E-state index contributed by atoms with van der Waals surface area (Å²) < 4.78 is 24.3. The molecule has 29 heavy (non-hydrogen) atoms. The van der Waals surface area contributed by atoms with E-state index in [9.17, 15) is 14.0 Å². The second-order valence-corrected chi connectivity index (χ2v) is 7.02. The lowest BCUT2D eigenvalue weighted by atomic mass is 10.1. The van der Waals surface area contributed by atoms with E-state index in [1.807, 2.05) is 36.4 Å². The second-order valence-electron chi connectivity index (χ2n) is 6.17. The average Bonchev–Trinajstić information content (AvgIpc) is 2.71. The number of ether oxygens (including phenoxy) is 2. The number of halogens is 2. The molecule has 0 aromatic heterocycles. The fourth-order valence-corrected chi connectivity index (χ4v) is 2.97. The summed E-state index contributed by atoms with van der Waals surface area (Å²) in [6.45, 7) is 1.22. The summed E-state index contributed by atoms with van der Waals surface area (Å²) in [5, 5.41) is 2.06. The Morgan fingerprint density at radius 3 is 2.55 bits per heavy atom. The van der Waals surface area contributed by atoms with Gasteiger partial charge in [0.2, 0.25) is 0 Å². The third kappa shape index (κ3) is 5.68. The van der Waals surface area contributed by atoms with Gasteiger partial charge in [-0.05, 0) is 64.0 Å². The molecule has 8 heteroatoms. The summed E-state index contributed by atoms with van der Waals surface area (Å²) >= 11 is 3.14. The molecule has 2 N–H and O–H groups in total. The van der Waals surface area contributed by atoms with Crippen molar-refractivity contribution in [3.63, 3.8) is 0 Å². The van der Waals surface area contributed by atoms with Gasteiger partial charge in [-0.25, -0.2) is 4.39 Å². The summed E-state index contributed by atoms with van der Waals surface area (Å²) in [6, 6.07) is 17.2. The molecular formula is C21H18BrFN2O4. The van der Waals surface area contributed by atoms with Crippen LogP contribution in [0.25, 0.3) is 10.8 Å². The van der Waals surface area contributed by atoms with Gasteiger partial charge in [0.25, 0.3) is 11.8 Å². The molecule has 0 heterocycles. The number of rotatable bonds is 6. The number of carbonyl (C=O) groups excluding carboxylic acids is 2. The number of nitrogens with one attached hydrogen (secondary N) is 2. The number of fused-ring (bicyclic) bond motifs is 1. The number of amides is 2.